The Bertz CT molecular complexity index is 1370. The van der Waals surface area contributed by atoms with Crippen molar-refractivity contribution in [2.45, 2.75) is 6.61 Å². The summed E-state index contributed by atoms with van der Waals surface area (Å²) >= 11 is 12.8. The third kappa shape index (κ3) is 2.88. The minimum absolute atomic E-state index is 0.209. The van der Waals surface area contributed by atoms with Crippen LogP contribution in [0.15, 0.2) is 55.1 Å². The van der Waals surface area contributed by atoms with Crippen molar-refractivity contribution in [3.63, 3.8) is 0 Å². The maximum atomic E-state index is 10.1. The first-order valence-corrected chi connectivity index (χ1v) is 9.66. The van der Waals surface area contributed by atoms with E-state index in [-0.39, 0.29) is 6.61 Å². The molecule has 1 N–H and O–H groups in total. The topological polar surface area (TPSA) is 68.2 Å². The van der Waals surface area contributed by atoms with Crippen LogP contribution in [0, 0.1) is 0 Å². The fourth-order valence-electron chi connectivity index (χ4n) is 3.55. The minimum Gasteiger partial charge on any atom is -0.390 e. The van der Waals surface area contributed by atoms with Crippen molar-refractivity contribution in [1.29, 1.82) is 0 Å². The SMILES string of the molecule is Cn1cc(-c2cnc3ccn4c(CO)c(-c5c(Cl)cccc5Cl)nc4c3c2)cn1. The third-order valence-corrected chi connectivity index (χ3v) is 5.57. The number of nitrogens with zero attached hydrogens (tertiary/aromatic N) is 5. The second kappa shape index (κ2) is 6.84. The van der Waals surface area contributed by atoms with Gasteiger partial charge in [-0.05, 0) is 24.3 Å². The third-order valence-electron chi connectivity index (χ3n) is 4.94. The number of pyridine rings is 2. The number of benzene rings is 1. The van der Waals surface area contributed by atoms with Gasteiger partial charge in [-0.15, -0.1) is 0 Å². The minimum atomic E-state index is -0.209. The highest BCUT2D eigenvalue weighted by Gasteiger charge is 2.20. The number of rotatable bonds is 3. The highest BCUT2D eigenvalue weighted by atomic mass is 35.5. The van der Waals surface area contributed by atoms with Crippen molar-refractivity contribution >= 4 is 39.8 Å². The van der Waals surface area contributed by atoms with Crippen LogP contribution in [0.1, 0.15) is 5.69 Å². The van der Waals surface area contributed by atoms with Gasteiger partial charge in [0.15, 0.2) is 0 Å². The number of aliphatic hydroxyl groups excluding tert-OH is 1. The number of hydrogen-bond acceptors (Lipinski definition) is 4. The Morgan fingerprint density at radius 3 is 2.55 bits per heavy atom. The molecule has 0 radical (unpaired) electrons. The van der Waals surface area contributed by atoms with Gasteiger partial charge in [0.25, 0.3) is 0 Å². The maximum Gasteiger partial charge on any atom is 0.147 e. The summed E-state index contributed by atoms with van der Waals surface area (Å²) in [5.41, 5.74) is 5.16. The molecule has 8 heteroatoms. The van der Waals surface area contributed by atoms with Crippen molar-refractivity contribution in [2.75, 3.05) is 0 Å². The average Bonchev–Trinajstić information content (AvgIpc) is 3.31. The Hall–Kier alpha value is -2.93. The van der Waals surface area contributed by atoms with Gasteiger partial charge < -0.3 is 9.51 Å². The van der Waals surface area contributed by atoms with Crippen LogP contribution in [0.25, 0.3) is 38.9 Å². The summed E-state index contributed by atoms with van der Waals surface area (Å²) in [6, 6.07) is 9.22. The van der Waals surface area contributed by atoms with Crippen LogP contribution in [0.3, 0.4) is 0 Å². The van der Waals surface area contributed by atoms with E-state index in [0.717, 1.165) is 22.0 Å². The van der Waals surface area contributed by atoms with Crippen LogP contribution < -0.4 is 0 Å². The predicted octanol–water partition coefficient (Wildman–Crippen LogP) is 4.75. The number of aromatic nitrogens is 5. The standard InChI is InChI=1S/C21H15Cl2N5O/c1-27-10-13(9-25-27)12-7-14-17(24-8-12)5-6-28-18(11-29)20(26-21(14)28)19-15(22)3-2-4-16(19)23/h2-10,29H,11H2,1H3. The smallest absolute Gasteiger partial charge is 0.147 e. The van der Waals surface area contributed by atoms with Crippen LogP contribution in [-0.4, -0.2) is 29.3 Å². The van der Waals surface area contributed by atoms with Gasteiger partial charge in [-0.2, -0.15) is 5.10 Å². The fourth-order valence-corrected chi connectivity index (χ4v) is 4.13. The zero-order valence-corrected chi connectivity index (χ0v) is 16.9. The molecule has 5 rings (SSSR count). The molecule has 4 heterocycles. The van der Waals surface area contributed by atoms with Crippen molar-refractivity contribution < 1.29 is 5.11 Å². The van der Waals surface area contributed by atoms with E-state index in [4.69, 9.17) is 28.2 Å². The van der Waals surface area contributed by atoms with E-state index >= 15 is 0 Å². The molecule has 0 aliphatic rings. The van der Waals surface area contributed by atoms with Gasteiger partial charge in [0.05, 0.1) is 39.8 Å². The first kappa shape index (κ1) is 18.1. The molecule has 0 spiro atoms. The van der Waals surface area contributed by atoms with Gasteiger partial charge in [-0.25, -0.2) is 4.98 Å². The molecule has 0 fully saturated rings. The Balaban J connectivity index is 1.82. The first-order chi connectivity index (χ1) is 14.1. The van der Waals surface area contributed by atoms with Gasteiger partial charge in [0.1, 0.15) is 5.65 Å². The Labute approximate surface area is 176 Å². The summed E-state index contributed by atoms with van der Waals surface area (Å²) < 4.78 is 3.60. The Kier molecular flexibility index (Phi) is 4.28. The van der Waals surface area contributed by atoms with E-state index in [2.05, 4.69) is 10.1 Å². The summed E-state index contributed by atoms with van der Waals surface area (Å²) in [6.45, 7) is -0.209. The average molecular weight is 424 g/mol. The lowest BCUT2D eigenvalue weighted by Gasteiger charge is -2.06. The number of aryl methyl sites for hydroxylation is 1. The number of imidazole rings is 1. The highest BCUT2D eigenvalue weighted by molar-refractivity contribution is 6.39. The van der Waals surface area contributed by atoms with Crippen molar-refractivity contribution in [2.24, 2.45) is 7.05 Å². The van der Waals surface area contributed by atoms with E-state index < -0.39 is 0 Å². The fraction of sp³-hybridized carbons (Fsp3) is 0.0952. The quantitative estimate of drug-likeness (QED) is 0.454. The molecule has 0 aliphatic heterocycles. The van der Waals surface area contributed by atoms with Crippen molar-refractivity contribution in [1.82, 2.24) is 24.1 Å². The van der Waals surface area contributed by atoms with E-state index in [1.807, 2.05) is 42.2 Å². The van der Waals surface area contributed by atoms with E-state index in [0.29, 0.717) is 32.6 Å². The molecule has 144 valence electrons. The summed E-state index contributed by atoms with van der Waals surface area (Å²) in [6.07, 6.45) is 7.39. The summed E-state index contributed by atoms with van der Waals surface area (Å²) in [4.78, 5) is 9.40. The van der Waals surface area contributed by atoms with E-state index in [9.17, 15) is 5.11 Å². The first-order valence-electron chi connectivity index (χ1n) is 8.91. The molecule has 0 amide bonds. The Morgan fingerprint density at radius 2 is 1.86 bits per heavy atom. The molecule has 0 saturated carbocycles. The summed E-state index contributed by atoms with van der Waals surface area (Å²) in [7, 11) is 1.87. The van der Waals surface area contributed by atoms with Gasteiger partial charge in [0, 0.05) is 47.7 Å². The van der Waals surface area contributed by atoms with Gasteiger partial charge in [-0.3, -0.25) is 9.67 Å². The number of aliphatic hydroxyl groups is 1. The molecule has 0 atom stereocenters. The maximum absolute atomic E-state index is 10.1. The van der Waals surface area contributed by atoms with Gasteiger partial charge >= 0.3 is 0 Å². The zero-order valence-electron chi connectivity index (χ0n) is 15.3. The lowest BCUT2D eigenvalue weighted by molar-refractivity contribution is 0.276. The largest absolute Gasteiger partial charge is 0.390 e. The monoisotopic (exact) mass is 423 g/mol. The van der Waals surface area contributed by atoms with Crippen LogP contribution in [0.2, 0.25) is 10.0 Å². The number of halogens is 2. The predicted molar refractivity (Wildman–Crippen MR) is 114 cm³/mol. The van der Waals surface area contributed by atoms with Gasteiger partial charge in [-0.1, -0.05) is 29.3 Å². The van der Waals surface area contributed by atoms with E-state index in [1.165, 1.54) is 0 Å². The van der Waals surface area contributed by atoms with Crippen LogP contribution in [0.5, 0.6) is 0 Å². The van der Waals surface area contributed by atoms with Crippen molar-refractivity contribution in [3.05, 3.63) is 70.9 Å². The molecule has 4 aromatic heterocycles. The molecule has 0 saturated heterocycles. The molecule has 6 nitrogen and oxygen atoms in total. The number of fused-ring (bicyclic) bond motifs is 3. The summed E-state index contributed by atoms with van der Waals surface area (Å²) in [5.74, 6) is 0. The molecule has 0 aliphatic carbocycles. The number of hydrogen-bond donors (Lipinski definition) is 1. The molecule has 5 aromatic rings. The van der Waals surface area contributed by atoms with Crippen LogP contribution in [-0.2, 0) is 13.7 Å². The summed E-state index contributed by atoms with van der Waals surface area (Å²) in [5, 5.41) is 16.1. The second-order valence-electron chi connectivity index (χ2n) is 6.73. The zero-order chi connectivity index (χ0) is 20.1. The van der Waals surface area contributed by atoms with E-state index in [1.54, 1.807) is 29.1 Å². The normalized spacial score (nSPS) is 11.6. The van der Waals surface area contributed by atoms with Gasteiger partial charge in [0.2, 0.25) is 0 Å². The molecule has 29 heavy (non-hydrogen) atoms. The molecular formula is C21H15Cl2N5O. The lowest BCUT2D eigenvalue weighted by atomic mass is 10.1. The molecule has 0 bridgehead atoms. The van der Waals surface area contributed by atoms with Crippen LogP contribution >= 0.6 is 23.2 Å². The molecular weight excluding hydrogens is 409 g/mol. The second-order valence-corrected chi connectivity index (χ2v) is 7.55. The molecule has 0 unspecified atom stereocenters. The highest BCUT2D eigenvalue weighted by Crippen LogP contribution is 2.37. The van der Waals surface area contributed by atoms with Crippen molar-refractivity contribution in [3.8, 4) is 22.4 Å². The van der Waals surface area contributed by atoms with Crippen LogP contribution in [0.4, 0.5) is 0 Å². The molecule has 1 aromatic carbocycles. The lowest BCUT2D eigenvalue weighted by Crippen LogP contribution is -1.95. The Morgan fingerprint density at radius 1 is 1.07 bits per heavy atom.